The summed E-state index contributed by atoms with van der Waals surface area (Å²) in [5.41, 5.74) is 3.11. The maximum atomic E-state index is 12.5. The van der Waals surface area contributed by atoms with E-state index >= 15 is 0 Å². The summed E-state index contributed by atoms with van der Waals surface area (Å²) in [4.78, 5) is 12.5. The van der Waals surface area contributed by atoms with Gasteiger partial charge in [0.2, 0.25) is 0 Å². The number of halogens is 2. The van der Waals surface area contributed by atoms with Crippen molar-refractivity contribution in [3.8, 4) is 0 Å². The van der Waals surface area contributed by atoms with Gasteiger partial charge in [0.25, 0.3) is 0 Å². The van der Waals surface area contributed by atoms with Crippen LogP contribution in [-0.2, 0) is 12.8 Å². The summed E-state index contributed by atoms with van der Waals surface area (Å²) in [5, 5.41) is 0.728. The third-order valence-electron chi connectivity index (χ3n) is 3.90. The second-order valence-electron chi connectivity index (χ2n) is 5.20. The molecule has 1 nitrogen and oxygen atoms in total. The Morgan fingerprint density at radius 3 is 2.80 bits per heavy atom. The number of ketones is 1. The quantitative estimate of drug-likeness (QED) is 0.738. The first kappa shape index (κ1) is 13.8. The Labute approximate surface area is 132 Å². The van der Waals surface area contributed by atoms with Crippen molar-refractivity contribution in [1.82, 2.24) is 0 Å². The van der Waals surface area contributed by atoms with Gasteiger partial charge in [0.15, 0.2) is 5.78 Å². The lowest BCUT2D eigenvalue weighted by Crippen LogP contribution is -2.24. The molecule has 1 aliphatic carbocycles. The minimum atomic E-state index is 0.0450. The number of Topliss-reactive ketones (excluding diaryl/α,β-unsaturated/α-hetero) is 1. The van der Waals surface area contributed by atoms with Gasteiger partial charge in [-0.15, -0.1) is 0 Å². The zero-order valence-corrected chi connectivity index (χ0v) is 13.2. The SMILES string of the molecule is O=C1c2ccccc2CCC1Cc1ccc(Br)cc1Cl. The Hall–Kier alpha value is -1.12. The average molecular weight is 350 g/mol. The summed E-state index contributed by atoms with van der Waals surface area (Å²) in [5.74, 6) is 0.300. The number of rotatable bonds is 2. The predicted octanol–water partition coefficient (Wildman–Crippen LogP) is 5.09. The first-order chi connectivity index (χ1) is 9.65. The van der Waals surface area contributed by atoms with Crippen LogP contribution in [-0.4, -0.2) is 5.78 Å². The summed E-state index contributed by atoms with van der Waals surface area (Å²) in [6, 6.07) is 13.8. The van der Waals surface area contributed by atoms with Crippen molar-refractivity contribution in [2.75, 3.05) is 0 Å². The molecule has 3 heteroatoms. The van der Waals surface area contributed by atoms with Crippen molar-refractivity contribution in [2.24, 2.45) is 5.92 Å². The monoisotopic (exact) mass is 348 g/mol. The number of aryl methyl sites for hydroxylation is 1. The van der Waals surface area contributed by atoms with Gasteiger partial charge in [-0.3, -0.25) is 4.79 Å². The molecule has 2 aromatic carbocycles. The van der Waals surface area contributed by atoms with E-state index in [2.05, 4.69) is 22.0 Å². The Kier molecular flexibility index (Phi) is 3.95. The summed E-state index contributed by atoms with van der Waals surface area (Å²) in [6.45, 7) is 0. The first-order valence-corrected chi connectivity index (χ1v) is 7.88. The van der Waals surface area contributed by atoms with Gasteiger partial charge in [-0.05, 0) is 42.5 Å². The van der Waals surface area contributed by atoms with E-state index in [-0.39, 0.29) is 11.7 Å². The standard InChI is InChI=1S/C17H14BrClO/c18-14-8-7-12(16(19)10-14)9-13-6-5-11-3-1-2-4-15(11)17(13)20/h1-4,7-8,10,13H,5-6,9H2. The molecule has 0 amide bonds. The van der Waals surface area contributed by atoms with Crippen LogP contribution in [0.2, 0.25) is 5.02 Å². The van der Waals surface area contributed by atoms with Crippen molar-refractivity contribution in [1.29, 1.82) is 0 Å². The fourth-order valence-corrected chi connectivity index (χ4v) is 3.56. The first-order valence-electron chi connectivity index (χ1n) is 6.71. The molecule has 0 saturated carbocycles. The number of benzene rings is 2. The van der Waals surface area contributed by atoms with Gasteiger partial charge in [-0.1, -0.05) is 57.9 Å². The topological polar surface area (TPSA) is 17.1 Å². The van der Waals surface area contributed by atoms with Crippen LogP contribution in [0.25, 0.3) is 0 Å². The van der Waals surface area contributed by atoms with E-state index in [1.807, 2.05) is 36.4 Å². The number of carbonyl (C=O) groups excluding carboxylic acids is 1. The van der Waals surface area contributed by atoms with Crippen LogP contribution in [0.3, 0.4) is 0 Å². The summed E-state index contributed by atoms with van der Waals surface area (Å²) < 4.78 is 0.964. The molecule has 0 bridgehead atoms. The molecule has 20 heavy (non-hydrogen) atoms. The Morgan fingerprint density at radius 2 is 2.00 bits per heavy atom. The molecule has 0 N–H and O–H groups in total. The Balaban J connectivity index is 1.85. The fraction of sp³-hybridized carbons (Fsp3) is 0.235. The Morgan fingerprint density at radius 1 is 1.20 bits per heavy atom. The van der Waals surface area contributed by atoms with E-state index in [1.165, 1.54) is 5.56 Å². The average Bonchev–Trinajstić information content (AvgIpc) is 2.45. The molecule has 0 aliphatic heterocycles. The largest absolute Gasteiger partial charge is 0.294 e. The molecular weight excluding hydrogens is 336 g/mol. The predicted molar refractivity (Wildman–Crippen MR) is 85.4 cm³/mol. The third kappa shape index (κ3) is 2.68. The Bertz CT molecular complexity index is 666. The normalized spacial score (nSPS) is 17.9. The summed E-state index contributed by atoms with van der Waals surface area (Å²) in [7, 11) is 0. The smallest absolute Gasteiger partial charge is 0.166 e. The van der Waals surface area contributed by atoms with E-state index in [0.717, 1.165) is 39.9 Å². The molecule has 0 heterocycles. The van der Waals surface area contributed by atoms with Crippen molar-refractivity contribution in [3.63, 3.8) is 0 Å². The van der Waals surface area contributed by atoms with Crippen LogP contribution in [0, 0.1) is 5.92 Å². The molecular formula is C17H14BrClO. The molecule has 0 saturated heterocycles. The van der Waals surface area contributed by atoms with Crippen molar-refractivity contribution in [2.45, 2.75) is 19.3 Å². The number of carbonyl (C=O) groups is 1. The van der Waals surface area contributed by atoms with E-state index in [4.69, 9.17) is 11.6 Å². The maximum absolute atomic E-state index is 12.5. The van der Waals surface area contributed by atoms with E-state index < -0.39 is 0 Å². The van der Waals surface area contributed by atoms with Crippen molar-refractivity contribution < 1.29 is 4.79 Å². The van der Waals surface area contributed by atoms with Gasteiger partial charge in [-0.25, -0.2) is 0 Å². The van der Waals surface area contributed by atoms with Crippen LogP contribution in [0.4, 0.5) is 0 Å². The molecule has 0 spiro atoms. The zero-order chi connectivity index (χ0) is 14.1. The highest BCUT2D eigenvalue weighted by Gasteiger charge is 2.27. The van der Waals surface area contributed by atoms with Gasteiger partial charge >= 0.3 is 0 Å². The molecule has 1 aliphatic rings. The van der Waals surface area contributed by atoms with E-state index in [1.54, 1.807) is 0 Å². The zero-order valence-electron chi connectivity index (χ0n) is 10.9. The third-order valence-corrected chi connectivity index (χ3v) is 4.74. The minimum Gasteiger partial charge on any atom is -0.294 e. The van der Waals surface area contributed by atoms with E-state index in [0.29, 0.717) is 0 Å². The highest BCUT2D eigenvalue weighted by Crippen LogP contribution is 2.30. The molecule has 0 fully saturated rings. The van der Waals surface area contributed by atoms with Crippen molar-refractivity contribution in [3.05, 3.63) is 68.7 Å². The lowest BCUT2D eigenvalue weighted by Gasteiger charge is -2.23. The van der Waals surface area contributed by atoms with Gasteiger partial charge in [0.05, 0.1) is 0 Å². The second-order valence-corrected chi connectivity index (χ2v) is 6.52. The molecule has 0 radical (unpaired) electrons. The molecule has 3 rings (SSSR count). The van der Waals surface area contributed by atoms with Gasteiger partial charge in [0.1, 0.15) is 0 Å². The van der Waals surface area contributed by atoms with Crippen LogP contribution in [0.5, 0.6) is 0 Å². The lowest BCUT2D eigenvalue weighted by molar-refractivity contribution is 0.0901. The van der Waals surface area contributed by atoms with Crippen LogP contribution >= 0.6 is 27.5 Å². The fourth-order valence-electron chi connectivity index (χ4n) is 2.81. The molecule has 1 atom stereocenters. The van der Waals surface area contributed by atoms with Gasteiger partial charge in [-0.2, -0.15) is 0 Å². The minimum absolute atomic E-state index is 0.0450. The lowest BCUT2D eigenvalue weighted by atomic mass is 9.80. The van der Waals surface area contributed by atoms with E-state index in [9.17, 15) is 4.79 Å². The second kappa shape index (κ2) is 5.71. The number of hydrogen-bond donors (Lipinski definition) is 0. The molecule has 0 aromatic heterocycles. The van der Waals surface area contributed by atoms with Gasteiger partial charge < -0.3 is 0 Å². The maximum Gasteiger partial charge on any atom is 0.166 e. The number of fused-ring (bicyclic) bond motifs is 1. The molecule has 1 unspecified atom stereocenters. The highest BCUT2D eigenvalue weighted by molar-refractivity contribution is 9.10. The molecule has 102 valence electrons. The summed E-state index contributed by atoms with van der Waals surface area (Å²) in [6.07, 6.45) is 2.60. The number of hydrogen-bond acceptors (Lipinski definition) is 1. The van der Waals surface area contributed by atoms with Crippen LogP contribution in [0.15, 0.2) is 46.9 Å². The highest BCUT2D eigenvalue weighted by atomic mass is 79.9. The van der Waals surface area contributed by atoms with Crippen molar-refractivity contribution >= 4 is 33.3 Å². The van der Waals surface area contributed by atoms with Crippen LogP contribution in [0.1, 0.15) is 27.9 Å². The summed E-state index contributed by atoms with van der Waals surface area (Å²) >= 11 is 9.66. The van der Waals surface area contributed by atoms with Gasteiger partial charge in [0, 0.05) is 21.0 Å². The van der Waals surface area contributed by atoms with Crippen LogP contribution < -0.4 is 0 Å². The molecule has 2 aromatic rings.